The molecule has 0 aromatic heterocycles. The number of likely N-dealkylation sites (tertiary alicyclic amines) is 1. The number of carbonyl (C=O) groups is 2. The molecule has 5 atom stereocenters. The van der Waals surface area contributed by atoms with Crippen LogP contribution in [-0.4, -0.2) is 47.2 Å². The number of rotatable bonds is 6. The van der Waals surface area contributed by atoms with Crippen molar-refractivity contribution in [2.45, 2.75) is 83.8 Å². The van der Waals surface area contributed by atoms with Gasteiger partial charge in [-0.15, -0.1) is 0 Å². The van der Waals surface area contributed by atoms with E-state index in [1.807, 2.05) is 0 Å². The van der Waals surface area contributed by atoms with Crippen LogP contribution in [0.2, 0.25) is 0 Å². The molecule has 1 amide bonds. The molecule has 0 radical (unpaired) electrons. The van der Waals surface area contributed by atoms with Gasteiger partial charge < -0.3 is 14.7 Å². The minimum atomic E-state index is -1.45. The van der Waals surface area contributed by atoms with Gasteiger partial charge in [0.05, 0.1) is 18.7 Å². The van der Waals surface area contributed by atoms with Gasteiger partial charge in [-0.1, -0.05) is 20.8 Å². The molecular weight excluding hydrogens is 452 g/mol. The smallest absolute Gasteiger partial charge is 0.326 e. The lowest BCUT2D eigenvalue weighted by Crippen LogP contribution is -2.43. The fourth-order valence-corrected chi connectivity index (χ4v) is 7.56. The summed E-state index contributed by atoms with van der Waals surface area (Å²) >= 11 is 0. The number of amides is 1. The van der Waals surface area contributed by atoms with Gasteiger partial charge in [0, 0.05) is 17.4 Å². The Kier molecular flexibility index (Phi) is 6.33. The van der Waals surface area contributed by atoms with E-state index in [1.54, 1.807) is 0 Å². The summed E-state index contributed by atoms with van der Waals surface area (Å²) in [6.07, 6.45) is 6.40. The molecule has 1 aromatic rings. The third-order valence-electron chi connectivity index (χ3n) is 8.93. The normalized spacial score (nSPS) is 36.8. The van der Waals surface area contributed by atoms with Crippen molar-refractivity contribution in [1.82, 2.24) is 4.90 Å². The summed E-state index contributed by atoms with van der Waals surface area (Å²) in [5.41, 5.74) is 0.733. The first kappa shape index (κ1) is 24.5. The number of halogens is 2. The molecule has 1 N–H and O–H groups in total. The Morgan fingerprint density at radius 1 is 1.11 bits per heavy atom. The van der Waals surface area contributed by atoms with Crippen LogP contribution in [0.3, 0.4) is 0 Å². The molecule has 3 saturated carbocycles. The molecule has 2 unspecified atom stereocenters. The van der Waals surface area contributed by atoms with Gasteiger partial charge in [0.25, 0.3) is 5.91 Å². The fraction of sp³-hybridized carbons (Fsp3) is 0.714. The van der Waals surface area contributed by atoms with Crippen molar-refractivity contribution in [1.29, 1.82) is 0 Å². The number of nitrogens with zero attached hydrogens (tertiary/aromatic N) is 1. The summed E-state index contributed by atoms with van der Waals surface area (Å²) in [6, 6.07) is 1.54. The maximum Gasteiger partial charge on any atom is 0.326 e. The molecular formula is C28H37F2NO4. The number of fused-ring (bicyclic) bond motifs is 2. The summed E-state index contributed by atoms with van der Waals surface area (Å²) in [6.45, 7) is 6.32. The number of hydrogen-bond acceptors (Lipinski definition) is 3. The standard InChI is InChI=1S/C28H37F2NO4/c1-15-6-18-7-16(2)11-28(10-15,12-18)14-35-24-9-22(29)21(8-20(24)19-4-5-19)26(32)31-13-23(30)17(3)25(31)27(33)34/h8-9,15-19,23,25H,4-7,10-14H2,1-3H3,(H,33,34)/t15?,16?,17-,18?,23-,25-,28?/m0/s1. The topological polar surface area (TPSA) is 66.8 Å². The highest BCUT2D eigenvalue weighted by molar-refractivity contribution is 5.97. The van der Waals surface area contributed by atoms with E-state index < -0.39 is 35.8 Å². The number of hydrogen-bond donors (Lipinski definition) is 1. The summed E-state index contributed by atoms with van der Waals surface area (Å²) in [5.74, 6) is -0.857. The van der Waals surface area contributed by atoms with E-state index in [2.05, 4.69) is 13.8 Å². The molecule has 1 aromatic carbocycles. The van der Waals surface area contributed by atoms with E-state index in [1.165, 1.54) is 31.9 Å². The molecule has 2 bridgehead atoms. The van der Waals surface area contributed by atoms with Gasteiger partial charge in [-0.05, 0) is 80.2 Å². The van der Waals surface area contributed by atoms with Crippen molar-refractivity contribution in [2.24, 2.45) is 29.1 Å². The molecule has 3 aliphatic carbocycles. The zero-order valence-corrected chi connectivity index (χ0v) is 20.9. The summed E-state index contributed by atoms with van der Waals surface area (Å²) in [5, 5.41) is 9.56. The second-order valence-corrected chi connectivity index (χ2v) is 12.2. The average Bonchev–Trinajstić information content (AvgIpc) is 3.56. The van der Waals surface area contributed by atoms with Crippen molar-refractivity contribution in [3.05, 3.63) is 29.1 Å². The van der Waals surface area contributed by atoms with E-state index in [4.69, 9.17) is 4.74 Å². The third kappa shape index (κ3) is 4.67. The van der Waals surface area contributed by atoms with Crippen LogP contribution in [0.5, 0.6) is 5.75 Å². The summed E-state index contributed by atoms with van der Waals surface area (Å²) in [4.78, 5) is 25.9. The Morgan fingerprint density at radius 2 is 1.77 bits per heavy atom. The third-order valence-corrected chi connectivity index (χ3v) is 8.93. The minimum absolute atomic E-state index is 0.113. The van der Waals surface area contributed by atoms with E-state index in [-0.39, 0.29) is 23.4 Å². The molecule has 1 saturated heterocycles. The predicted octanol–water partition coefficient (Wildman–Crippen LogP) is 5.82. The van der Waals surface area contributed by atoms with Crippen molar-refractivity contribution < 1.29 is 28.2 Å². The number of aliphatic carboxylic acids is 1. The van der Waals surface area contributed by atoms with E-state index in [9.17, 15) is 19.1 Å². The van der Waals surface area contributed by atoms with Crippen LogP contribution in [0.25, 0.3) is 0 Å². The van der Waals surface area contributed by atoms with Gasteiger partial charge >= 0.3 is 5.97 Å². The Morgan fingerprint density at radius 3 is 2.37 bits per heavy atom. The van der Waals surface area contributed by atoms with Crippen molar-refractivity contribution in [3.8, 4) is 5.75 Å². The van der Waals surface area contributed by atoms with Gasteiger partial charge in [-0.2, -0.15) is 0 Å². The van der Waals surface area contributed by atoms with Crippen molar-refractivity contribution in [2.75, 3.05) is 13.2 Å². The average molecular weight is 490 g/mol. The van der Waals surface area contributed by atoms with Crippen LogP contribution in [-0.2, 0) is 4.79 Å². The van der Waals surface area contributed by atoms with E-state index >= 15 is 4.39 Å². The Bertz CT molecular complexity index is 989. The van der Waals surface area contributed by atoms with Gasteiger partial charge in [-0.25, -0.2) is 13.6 Å². The van der Waals surface area contributed by atoms with E-state index in [0.29, 0.717) is 24.2 Å². The highest BCUT2D eigenvalue weighted by atomic mass is 19.1. The highest BCUT2D eigenvalue weighted by Crippen LogP contribution is 2.53. The first-order chi connectivity index (χ1) is 16.6. The van der Waals surface area contributed by atoms with Crippen LogP contribution >= 0.6 is 0 Å². The van der Waals surface area contributed by atoms with Crippen LogP contribution in [0.1, 0.15) is 87.6 Å². The lowest BCUT2D eigenvalue weighted by molar-refractivity contribution is -0.142. The summed E-state index contributed by atoms with van der Waals surface area (Å²) in [7, 11) is 0. The SMILES string of the molecule is CC1CC2CC(C)CC(COc3cc(F)c(C(=O)N4C[C@H](F)[C@H](C)[C@H]4C(=O)O)cc3C3CC3)(C1)C2. The Labute approximate surface area is 206 Å². The van der Waals surface area contributed by atoms with Crippen molar-refractivity contribution in [3.63, 3.8) is 0 Å². The molecule has 1 aliphatic heterocycles. The lowest BCUT2D eigenvalue weighted by Gasteiger charge is -2.49. The number of carbonyl (C=O) groups excluding carboxylic acids is 1. The maximum atomic E-state index is 15.3. The van der Waals surface area contributed by atoms with Crippen LogP contribution in [0, 0.1) is 34.9 Å². The number of benzene rings is 1. The molecule has 5 rings (SSSR count). The number of alkyl halides is 1. The van der Waals surface area contributed by atoms with Gasteiger partial charge in [0.2, 0.25) is 0 Å². The molecule has 192 valence electrons. The Balaban J connectivity index is 1.40. The minimum Gasteiger partial charge on any atom is -0.493 e. The number of ether oxygens (including phenoxy) is 1. The van der Waals surface area contributed by atoms with Crippen LogP contribution < -0.4 is 4.74 Å². The zero-order chi connectivity index (χ0) is 25.1. The van der Waals surface area contributed by atoms with E-state index in [0.717, 1.165) is 48.5 Å². The second-order valence-electron chi connectivity index (χ2n) is 12.2. The van der Waals surface area contributed by atoms with Crippen LogP contribution in [0.4, 0.5) is 8.78 Å². The molecule has 35 heavy (non-hydrogen) atoms. The highest BCUT2D eigenvalue weighted by Gasteiger charge is 2.47. The predicted molar refractivity (Wildman–Crippen MR) is 128 cm³/mol. The summed E-state index contributed by atoms with van der Waals surface area (Å²) < 4.78 is 36.0. The molecule has 1 heterocycles. The van der Waals surface area contributed by atoms with Gasteiger partial charge in [0.1, 0.15) is 23.8 Å². The second kappa shape index (κ2) is 9.04. The molecule has 7 heteroatoms. The molecule has 5 nitrogen and oxygen atoms in total. The molecule has 0 spiro atoms. The van der Waals surface area contributed by atoms with Crippen LogP contribution in [0.15, 0.2) is 12.1 Å². The number of carboxylic acid groups (broad SMARTS) is 1. The lowest BCUT2D eigenvalue weighted by atomic mass is 9.57. The largest absolute Gasteiger partial charge is 0.493 e. The molecule has 4 aliphatic rings. The first-order valence-electron chi connectivity index (χ1n) is 13.2. The zero-order valence-electron chi connectivity index (χ0n) is 20.9. The number of carboxylic acids is 1. The Hall–Kier alpha value is -2.18. The van der Waals surface area contributed by atoms with Crippen molar-refractivity contribution >= 4 is 11.9 Å². The van der Waals surface area contributed by atoms with Gasteiger partial charge in [-0.3, -0.25) is 4.79 Å². The first-order valence-corrected chi connectivity index (χ1v) is 13.2. The van der Waals surface area contributed by atoms with Gasteiger partial charge in [0.15, 0.2) is 0 Å². The molecule has 4 fully saturated rings. The quantitative estimate of drug-likeness (QED) is 0.547. The maximum absolute atomic E-state index is 15.3. The fourth-order valence-electron chi connectivity index (χ4n) is 7.56. The monoisotopic (exact) mass is 489 g/mol.